The van der Waals surface area contributed by atoms with E-state index in [2.05, 4.69) is 13.5 Å². The third kappa shape index (κ3) is 15.8. The lowest BCUT2D eigenvalue weighted by Crippen LogP contribution is -2.05. The van der Waals surface area contributed by atoms with Gasteiger partial charge in [-0.05, 0) is 25.7 Å². The highest BCUT2D eigenvalue weighted by atomic mass is 16.3. The third-order valence-corrected chi connectivity index (χ3v) is 4.09. The molecule has 1 heteroatoms. The van der Waals surface area contributed by atoms with E-state index in [1.807, 2.05) is 6.08 Å². The molecule has 0 unspecified atom stereocenters. The standard InChI is InChI=1S/C19H38O/c1-3-5-7-8-9-10-11-12-13-14-15-16-18-19(20)17-6-4-2/h3,19-20H,1,4-18H2,2H3/t19-/m0/s1. The van der Waals surface area contributed by atoms with Crippen LogP contribution in [0.5, 0.6) is 0 Å². The SMILES string of the molecule is C=CCCCCCCCCCCCC[C@@H](O)CCCC. The summed E-state index contributed by atoms with van der Waals surface area (Å²) in [5.74, 6) is 0. The second kappa shape index (κ2) is 16.8. The van der Waals surface area contributed by atoms with E-state index in [9.17, 15) is 5.11 Å². The molecule has 0 amide bonds. The second-order valence-corrected chi connectivity index (χ2v) is 6.20. The maximum absolute atomic E-state index is 9.74. The van der Waals surface area contributed by atoms with Crippen molar-refractivity contribution in [3.05, 3.63) is 12.7 Å². The Morgan fingerprint density at radius 2 is 1.20 bits per heavy atom. The molecule has 0 aromatic heterocycles. The molecule has 0 aromatic carbocycles. The first kappa shape index (κ1) is 19.7. The van der Waals surface area contributed by atoms with Crippen LogP contribution in [0, 0.1) is 0 Å². The molecule has 20 heavy (non-hydrogen) atoms. The molecule has 0 saturated heterocycles. The van der Waals surface area contributed by atoms with Crippen molar-refractivity contribution in [3.63, 3.8) is 0 Å². The zero-order valence-electron chi connectivity index (χ0n) is 13.9. The van der Waals surface area contributed by atoms with Gasteiger partial charge >= 0.3 is 0 Å². The van der Waals surface area contributed by atoms with Gasteiger partial charge in [0.15, 0.2) is 0 Å². The molecule has 0 spiro atoms. The van der Waals surface area contributed by atoms with Crippen LogP contribution >= 0.6 is 0 Å². The van der Waals surface area contributed by atoms with Crippen molar-refractivity contribution in [3.8, 4) is 0 Å². The van der Waals surface area contributed by atoms with Gasteiger partial charge in [-0.15, -0.1) is 6.58 Å². The summed E-state index contributed by atoms with van der Waals surface area (Å²) in [4.78, 5) is 0. The molecule has 1 nitrogen and oxygen atoms in total. The van der Waals surface area contributed by atoms with Crippen LogP contribution in [-0.4, -0.2) is 11.2 Å². The zero-order valence-corrected chi connectivity index (χ0v) is 13.9. The second-order valence-electron chi connectivity index (χ2n) is 6.20. The summed E-state index contributed by atoms with van der Waals surface area (Å²) in [5, 5.41) is 9.74. The average Bonchev–Trinajstić information content (AvgIpc) is 2.46. The third-order valence-electron chi connectivity index (χ3n) is 4.09. The van der Waals surface area contributed by atoms with Gasteiger partial charge in [-0.25, -0.2) is 0 Å². The molecule has 0 aliphatic carbocycles. The van der Waals surface area contributed by atoms with Gasteiger partial charge in [-0.1, -0.05) is 83.6 Å². The van der Waals surface area contributed by atoms with Crippen LogP contribution in [0.3, 0.4) is 0 Å². The highest BCUT2D eigenvalue weighted by Crippen LogP contribution is 2.14. The zero-order chi connectivity index (χ0) is 14.9. The normalized spacial score (nSPS) is 12.5. The molecule has 0 aliphatic rings. The van der Waals surface area contributed by atoms with E-state index >= 15 is 0 Å². The number of unbranched alkanes of at least 4 members (excludes halogenated alkanes) is 11. The summed E-state index contributed by atoms with van der Waals surface area (Å²) >= 11 is 0. The van der Waals surface area contributed by atoms with Crippen molar-refractivity contribution in [2.24, 2.45) is 0 Å². The van der Waals surface area contributed by atoms with Gasteiger partial charge in [-0.3, -0.25) is 0 Å². The van der Waals surface area contributed by atoms with E-state index in [0.29, 0.717) is 0 Å². The molecule has 120 valence electrons. The molecule has 1 atom stereocenters. The maximum Gasteiger partial charge on any atom is 0.0540 e. The fourth-order valence-electron chi connectivity index (χ4n) is 2.67. The number of aliphatic hydroxyl groups excluding tert-OH is 1. The minimum atomic E-state index is -0.0366. The molecule has 0 aromatic rings. The van der Waals surface area contributed by atoms with Crippen molar-refractivity contribution < 1.29 is 5.11 Å². The van der Waals surface area contributed by atoms with Crippen LogP contribution < -0.4 is 0 Å². The fraction of sp³-hybridized carbons (Fsp3) is 0.895. The van der Waals surface area contributed by atoms with Gasteiger partial charge in [0, 0.05) is 0 Å². The summed E-state index contributed by atoms with van der Waals surface area (Å²) in [7, 11) is 0. The van der Waals surface area contributed by atoms with Crippen molar-refractivity contribution >= 4 is 0 Å². The van der Waals surface area contributed by atoms with Crippen LogP contribution in [0.15, 0.2) is 12.7 Å². The van der Waals surface area contributed by atoms with E-state index < -0.39 is 0 Å². The first-order chi connectivity index (χ1) is 9.81. The van der Waals surface area contributed by atoms with Crippen molar-refractivity contribution in [2.75, 3.05) is 0 Å². The Morgan fingerprint density at radius 1 is 0.750 bits per heavy atom. The molecule has 0 radical (unpaired) electrons. The molecule has 0 heterocycles. The lowest BCUT2D eigenvalue weighted by molar-refractivity contribution is 0.148. The lowest BCUT2D eigenvalue weighted by atomic mass is 10.0. The molecule has 0 fully saturated rings. The Balaban J connectivity index is 3.04. The van der Waals surface area contributed by atoms with E-state index in [1.54, 1.807) is 0 Å². The Bertz CT molecular complexity index is 188. The van der Waals surface area contributed by atoms with Gasteiger partial charge in [0.25, 0.3) is 0 Å². The molecule has 0 saturated carbocycles. The van der Waals surface area contributed by atoms with Gasteiger partial charge in [0.1, 0.15) is 0 Å². The van der Waals surface area contributed by atoms with Gasteiger partial charge in [-0.2, -0.15) is 0 Å². The maximum atomic E-state index is 9.74. The first-order valence-electron chi connectivity index (χ1n) is 9.10. The quantitative estimate of drug-likeness (QED) is 0.256. The van der Waals surface area contributed by atoms with Crippen molar-refractivity contribution in [1.29, 1.82) is 0 Å². The Labute approximate surface area is 127 Å². The first-order valence-corrected chi connectivity index (χ1v) is 9.10. The Morgan fingerprint density at radius 3 is 1.70 bits per heavy atom. The van der Waals surface area contributed by atoms with E-state index in [0.717, 1.165) is 12.8 Å². The predicted octanol–water partition coefficient (Wildman–Crippen LogP) is 6.40. The predicted molar refractivity (Wildman–Crippen MR) is 91.1 cm³/mol. The van der Waals surface area contributed by atoms with E-state index in [1.165, 1.54) is 83.5 Å². The Hall–Kier alpha value is -0.300. The van der Waals surface area contributed by atoms with Crippen molar-refractivity contribution in [2.45, 2.75) is 109 Å². The van der Waals surface area contributed by atoms with Gasteiger partial charge < -0.3 is 5.11 Å². The molecule has 0 rings (SSSR count). The topological polar surface area (TPSA) is 20.2 Å². The van der Waals surface area contributed by atoms with Crippen LogP contribution in [0.2, 0.25) is 0 Å². The van der Waals surface area contributed by atoms with Crippen molar-refractivity contribution in [1.82, 2.24) is 0 Å². The minimum absolute atomic E-state index is 0.0366. The van der Waals surface area contributed by atoms with Crippen LogP contribution in [0.1, 0.15) is 103 Å². The smallest absolute Gasteiger partial charge is 0.0540 e. The van der Waals surface area contributed by atoms with Crippen LogP contribution in [0.4, 0.5) is 0 Å². The highest BCUT2D eigenvalue weighted by Gasteiger charge is 2.02. The summed E-state index contributed by atoms with van der Waals surface area (Å²) in [6.45, 7) is 5.94. The van der Waals surface area contributed by atoms with E-state index in [-0.39, 0.29) is 6.10 Å². The molecule has 0 aliphatic heterocycles. The molecular weight excluding hydrogens is 244 g/mol. The number of hydrogen-bond acceptors (Lipinski definition) is 1. The number of aliphatic hydroxyl groups is 1. The summed E-state index contributed by atoms with van der Waals surface area (Å²) < 4.78 is 0. The lowest BCUT2D eigenvalue weighted by Gasteiger charge is -2.09. The monoisotopic (exact) mass is 282 g/mol. The Kier molecular flexibility index (Phi) is 16.5. The van der Waals surface area contributed by atoms with E-state index in [4.69, 9.17) is 0 Å². The summed E-state index contributed by atoms with van der Waals surface area (Å²) in [6.07, 6.45) is 21.2. The van der Waals surface area contributed by atoms with Gasteiger partial charge in [0.2, 0.25) is 0 Å². The van der Waals surface area contributed by atoms with Crippen LogP contribution in [-0.2, 0) is 0 Å². The molecular formula is C19H38O. The number of allylic oxidation sites excluding steroid dienone is 1. The largest absolute Gasteiger partial charge is 0.393 e. The molecule has 0 bridgehead atoms. The minimum Gasteiger partial charge on any atom is -0.393 e. The summed E-state index contributed by atoms with van der Waals surface area (Å²) in [5.41, 5.74) is 0. The van der Waals surface area contributed by atoms with Gasteiger partial charge in [0.05, 0.1) is 6.10 Å². The fourth-order valence-corrected chi connectivity index (χ4v) is 2.67. The summed E-state index contributed by atoms with van der Waals surface area (Å²) in [6, 6.07) is 0. The molecule has 1 N–H and O–H groups in total. The van der Waals surface area contributed by atoms with Crippen LogP contribution in [0.25, 0.3) is 0 Å². The number of rotatable bonds is 16. The highest BCUT2D eigenvalue weighted by molar-refractivity contribution is 4.65. The number of hydrogen-bond donors (Lipinski definition) is 1. The average molecular weight is 283 g/mol.